The lowest BCUT2D eigenvalue weighted by atomic mass is 9.95. The Kier molecular flexibility index (Phi) is 2.56. The molecule has 1 fully saturated rings. The minimum atomic E-state index is -0.406. The molecule has 2 rings (SSSR count). The van der Waals surface area contributed by atoms with Crippen LogP contribution in [0.1, 0.15) is 11.5 Å². The largest absolute Gasteiger partial charge is 0.354 e. The van der Waals surface area contributed by atoms with Crippen LogP contribution in [0.5, 0.6) is 0 Å². The third kappa shape index (κ3) is 1.67. The van der Waals surface area contributed by atoms with Gasteiger partial charge in [0, 0.05) is 16.9 Å². The van der Waals surface area contributed by atoms with Crippen molar-refractivity contribution in [2.75, 3.05) is 6.54 Å². The van der Waals surface area contributed by atoms with Crippen molar-refractivity contribution in [3.05, 3.63) is 34.3 Å². The molecule has 1 aromatic carbocycles. The van der Waals surface area contributed by atoms with Gasteiger partial charge in [-0.05, 0) is 17.7 Å². The molecule has 0 saturated carbocycles. The number of rotatable bonds is 1. The van der Waals surface area contributed by atoms with E-state index in [0.717, 1.165) is 10.0 Å². The first-order chi connectivity index (χ1) is 6.68. The highest BCUT2D eigenvalue weighted by atomic mass is 79.9. The van der Waals surface area contributed by atoms with Crippen LogP contribution in [0.3, 0.4) is 0 Å². The summed E-state index contributed by atoms with van der Waals surface area (Å²) in [4.78, 5) is 11.2. The van der Waals surface area contributed by atoms with Crippen molar-refractivity contribution < 1.29 is 4.79 Å². The van der Waals surface area contributed by atoms with Crippen LogP contribution in [0, 0.1) is 0 Å². The summed E-state index contributed by atoms with van der Waals surface area (Å²) in [5.41, 5.74) is 6.88. The van der Waals surface area contributed by atoms with Crippen molar-refractivity contribution >= 4 is 21.8 Å². The van der Waals surface area contributed by atoms with Crippen LogP contribution in [-0.4, -0.2) is 18.5 Å². The third-order valence-corrected chi connectivity index (χ3v) is 3.06. The van der Waals surface area contributed by atoms with Gasteiger partial charge in [-0.15, -0.1) is 0 Å². The van der Waals surface area contributed by atoms with Gasteiger partial charge in [-0.1, -0.05) is 28.1 Å². The molecule has 3 N–H and O–H groups in total. The molecular weight excluding hydrogens is 244 g/mol. The lowest BCUT2D eigenvalue weighted by Gasteiger charge is -2.12. The normalized spacial score (nSPS) is 26.3. The molecule has 1 amide bonds. The first kappa shape index (κ1) is 9.68. The van der Waals surface area contributed by atoms with Gasteiger partial charge < -0.3 is 11.1 Å². The molecule has 1 aliphatic rings. The number of hydrogen-bond donors (Lipinski definition) is 2. The number of halogens is 1. The molecule has 1 aromatic rings. The standard InChI is InChI=1S/C10H11BrN2O/c11-7-3-1-6(2-4-7)8-5-13-10(14)9(8)12/h1-4,8-9H,5,12H2,(H,13,14). The zero-order chi connectivity index (χ0) is 10.1. The van der Waals surface area contributed by atoms with Crippen molar-refractivity contribution in [1.82, 2.24) is 5.32 Å². The molecule has 2 atom stereocenters. The van der Waals surface area contributed by atoms with Crippen LogP contribution >= 0.6 is 15.9 Å². The zero-order valence-electron chi connectivity index (χ0n) is 7.53. The number of hydrogen-bond acceptors (Lipinski definition) is 2. The Labute approximate surface area is 90.8 Å². The maximum Gasteiger partial charge on any atom is 0.237 e. The molecule has 0 radical (unpaired) electrons. The second-order valence-electron chi connectivity index (χ2n) is 3.43. The molecule has 0 spiro atoms. The van der Waals surface area contributed by atoms with Gasteiger partial charge in [-0.25, -0.2) is 0 Å². The number of carbonyl (C=O) groups is 1. The van der Waals surface area contributed by atoms with E-state index in [1.54, 1.807) is 0 Å². The van der Waals surface area contributed by atoms with E-state index in [1.807, 2.05) is 24.3 Å². The molecule has 3 nitrogen and oxygen atoms in total. The summed E-state index contributed by atoms with van der Waals surface area (Å²) >= 11 is 3.37. The molecule has 0 bridgehead atoms. The number of nitrogens with two attached hydrogens (primary N) is 1. The van der Waals surface area contributed by atoms with Crippen molar-refractivity contribution in [2.45, 2.75) is 12.0 Å². The van der Waals surface area contributed by atoms with E-state index in [1.165, 1.54) is 0 Å². The highest BCUT2D eigenvalue weighted by molar-refractivity contribution is 9.10. The Bertz CT molecular complexity index is 350. The van der Waals surface area contributed by atoms with Gasteiger partial charge in [0.05, 0.1) is 6.04 Å². The summed E-state index contributed by atoms with van der Waals surface area (Å²) in [6, 6.07) is 7.51. The smallest absolute Gasteiger partial charge is 0.237 e. The molecule has 1 saturated heterocycles. The lowest BCUT2D eigenvalue weighted by Crippen LogP contribution is -2.33. The Morgan fingerprint density at radius 2 is 2.00 bits per heavy atom. The van der Waals surface area contributed by atoms with Gasteiger partial charge in [0.15, 0.2) is 0 Å². The predicted octanol–water partition coefficient (Wildman–Crippen LogP) is 0.990. The van der Waals surface area contributed by atoms with Gasteiger partial charge >= 0.3 is 0 Å². The second-order valence-corrected chi connectivity index (χ2v) is 4.34. The van der Waals surface area contributed by atoms with Crippen LogP contribution in [-0.2, 0) is 4.79 Å². The summed E-state index contributed by atoms with van der Waals surface area (Å²) in [6.45, 7) is 0.641. The Morgan fingerprint density at radius 1 is 1.36 bits per heavy atom. The topological polar surface area (TPSA) is 55.1 Å². The summed E-state index contributed by atoms with van der Waals surface area (Å²) < 4.78 is 1.03. The van der Waals surface area contributed by atoms with Crippen LogP contribution in [0.4, 0.5) is 0 Å². The number of carbonyl (C=O) groups excluding carboxylic acids is 1. The number of nitrogens with one attached hydrogen (secondary N) is 1. The fourth-order valence-electron chi connectivity index (χ4n) is 1.67. The Hall–Kier alpha value is -0.870. The van der Waals surface area contributed by atoms with Crippen LogP contribution < -0.4 is 11.1 Å². The van der Waals surface area contributed by atoms with Crippen molar-refractivity contribution in [2.24, 2.45) is 5.73 Å². The predicted molar refractivity (Wildman–Crippen MR) is 57.9 cm³/mol. The molecule has 74 valence electrons. The van der Waals surface area contributed by atoms with Gasteiger partial charge in [-0.2, -0.15) is 0 Å². The van der Waals surface area contributed by atoms with E-state index in [-0.39, 0.29) is 11.8 Å². The monoisotopic (exact) mass is 254 g/mol. The average Bonchev–Trinajstić information content (AvgIpc) is 2.50. The molecule has 0 aliphatic carbocycles. The highest BCUT2D eigenvalue weighted by Crippen LogP contribution is 2.23. The highest BCUT2D eigenvalue weighted by Gasteiger charge is 2.32. The van der Waals surface area contributed by atoms with E-state index < -0.39 is 6.04 Å². The fourth-order valence-corrected chi connectivity index (χ4v) is 1.94. The maximum absolute atomic E-state index is 11.2. The van der Waals surface area contributed by atoms with Crippen molar-refractivity contribution in [3.63, 3.8) is 0 Å². The average molecular weight is 255 g/mol. The quantitative estimate of drug-likeness (QED) is 0.786. The molecule has 1 heterocycles. The third-order valence-electron chi connectivity index (χ3n) is 2.53. The molecule has 4 heteroatoms. The molecule has 2 unspecified atom stereocenters. The summed E-state index contributed by atoms with van der Waals surface area (Å²) in [5, 5.41) is 2.76. The molecule has 0 aromatic heterocycles. The van der Waals surface area contributed by atoms with E-state index in [2.05, 4.69) is 21.2 Å². The second kappa shape index (κ2) is 3.71. The van der Waals surface area contributed by atoms with E-state index in [0.29, 0.717) is 6.54 Å². The van der Waals surface area contributed by atoms with Gasteiger partial charge in [0.1, 0.15) is 0 Å². The number of amides is 1. The summed E-state index contributed by atoms with van der Waals surface area (Å²) in [7, 11) is 0. The van der Waals surface area contributed by atoms with E-state index in [4.69, 9.17) is 5.73 Å². The minimum absolute atomic E-state index is 0.0575. The van der Waals surface area contributed by atoms with Crippen LogP contribution in [0.15, 0.2) is 28.7 Å². The molecular formula is C10H11BrN2O. The maximum atomic E-state index is 11.2. The summed E-state index contributed by atoms with van der Waals surface area (Å²) in [6.07, 6.45) is 0. The molecule has 1 aliphatic heterocycles. The minimum Gasteiger partial charge on any atom is -0.354 e. The Morgan fingerprint density at radius 3 is 2.50 bits per heavy atom. The van der Waals surface area contributed by atoms with Crippen LogP contribution in [0.2, 0.25) is 0 Å². The molecule has 14 heavy (non-hydrogen) atoms. The SMILES string of the molecule is NC1C(=O)NCC1c1ccc(Br)cc1. The zero-order valence-corrected chi connectivity index (χ0v) is 9.12. The van der Waals surface area contributed by atoms with E-state index >= 15 is 0 Å². The fraction of sp³-hybridized carbons (Fsp3) is 0.300. The first-order valence-electron chi connectivity index (χ1n) is 4.47. The van der Waals surface area contributed by atoms with Crippen LogP contribution in [0.25, 0.3) is 0 Å². The van der Waals surface area contributed by atoms with E-state index in [9.17, 15) is 4.79 Å². The first-order valence-corrected chi connectivity index (χ1v) is 5.26. The lowest BCUT2D eigenvalue weighted by molar-refractivity contribution is -0.120. The van der Waals surface area contributed by atoms with Gasteiger partial charge in [0.25, 0.3) is 0 Å². The number of benzene rings is 1. The van der Waals surface area contributed by atoms with Crippen molar-refractivity contribution in [1.29, 1.82) is 0 Å². The van der Waals surface area contributed by atoms with Gasteiger partial charge in [-0.3, -0.25) is 4.79 Å². The van der Waals surface area contributed by atoms with Crippen molar-refractivity contribution in [3.8, 4) is 0 Å². The summed E-state index contributed by atoms with van der Waals surface area (Å²) in [5.74, 6) is 0.0496. The van der Waals surface area contributed by atoms with Gasteiger partial charge in [0.2, 0.25) is 5.91 Å². The Balaban J connectivity index is 2.23.